The third-order valence-electron chi connectivity index (χ3n) is 4.92. The standard InChI is InChI=1S/C19H27NO3/c1-4-18(21)15-8-10-16(11-9-15)23-12-19(22)20-17-7-5-6-13(2)14(17)3/h8-11,13-14,17H,4-7,12H2,1-3H3,(H,20,22)/t13-,14-,17+/m0/s1. The van der Waals surface area contributed by atoms with Crippen molar-refractivity contribution in [2.24, 2.45) is 11.8 Å². The first kappa shape index (κ1) is 17.5. The lowest BCUT2D eigenvalue weighted by atomic mass is 9.78. The lowest BCUT2D eigenvalue weighted by molar-refractivity contribution is -0.124. The molecule has 1 fully saturated rings. The molecule has 0 unspecified atom stereocenters. The van der Waals surface area contributed by atoms with Crippen molar-refractivity contribution < 1.29 is 14.3 Å². The van der Waals surface area contributed by atoms with Crippen LogP contribution >= 0.6 is 0 Å². The van der Waals surface area contributed by atoms with Gasteiger partial charge in [-0.25, -0.2) is 0 Å². The molecule has 1 aliphatic rings. The second-order valence-corrected chi connectivity index (χ2v) is 6.53. The Morgan fingerprint density at radius 1 is 1.17 bits per heavy atom. The highest BCUT2D eigenvalue weighted by molar-refractivity contribution is 5.95. The van der Waals surface area contributed by atoms with Gasteiger partial charge in [0.2, 0.25) is 0 Å². The maximum atomic E-state index is 12.1. The number of ether oxygens (including phenoxy) is 1. The molecule has 1 amide bonds. The lowest BCUT2D eigenvalue weighted by Gasteiger charge is -2.34. The number of Topliss-reactive ketones (excluding diaryl/α,β-unsaturated/α-hetero) is 1. The summed E-state index contributed by atoms with van der Waals surface area (Å²) in [7, 11) is 0. The van der Waals surface area contributed by atoms with Crippen LogP contribution in [0.1, 0.15) is 56.8 Å². The molecular weight excluding hydrogens is 290 g/mol. The second kappa shape index (κ2) is 8.14. The van der Waals surface area contributed by atoms with E-state index in [0.717, 1.165) is 6.42 Å². The molecule has 23 heavy (non-hydrogen) atoms. The minimum atomic E-state index is -0.0790. The quantitative estimate of drug-likeness (QED) is 0.816. The monoisotopic (exact) mass is 317 g/mol. The van der Waals surface area contributed by atoms with Crippen molar-refractivity contribution in [3.8, 4) is 5.75 Å². The highest BCUT2D eigenvalue weighted by Crippen LogP contribution is 2.29. The van der Waals surface area contributed by atoms with Crippen LogP contribution in [0.4, 0.5) is 0 Å². The van der Waals surface area contributed by atoms with Gasteiger partial charge >= 0.3 is 0 Å². The first-order valence-corrected chi connectivity index (χ1v) is 8.56. The van der Waals surface area contributed by atoms with E-state index >= 15 is 0 Å². The van der Waals surface area contributed by atoms with Gasteiger partial charge in [-0.3, -0.25) is 9.59 Å². The highest BCUT2D eigenvalue weighted by Gasteiger charge is 2.28. The van der Waals surface area contributed by atoms with Crippen molar-refractivity contribution in [1.29, 1.82) is 0 Å². The molecule has 1 aliphatic carbocycles. The van der Waals surface area contributed by atoms with Crippen molar-refractivity contribution >= 4 is 11.7 Å². The number of rotatable bonds is 6. The molecule has 1 aromatic rings. The number of amides is 1. The molecule has 0 saturated heterocycles. The Morgan fingerprint density at radius 2 is 1.87 bits per heavy atom. The summed E-state index contributed by atoms with van der Waals surface area (Å²) in [6.07, 6.45) is 3.95. The summed E-state index contributed by atoms with van der Waals surface area (Å²) in [5, 5.41) is 3.09. The maximum absolute atomic E-state index is 12.1. The van der Waals surface area contributed by atoms with Gasteiger partial charge in [0.25, 0.3) is 5.91 Å². The van der Waals surface area contributed by atoms with E-state index in [1.807, 2.05) is 6.92 Å². The van der Waals surface area contributed by atoms with E-state index < -0.39 is 0 Å². The molecule has 1 saturated carbocycles. The summed E-state index contributed by atoms with van der Waals surface area (Å²) >= 11 is 0. The Bertz CT molecular complexity index is 538. The molecule has 0 spiro atoms. The topological polar surface area (TPSA) is 55.4 Å². The molecule has 0 aliphatic heterocycles. The summed E-state index contributed by atoms with van der Waals surface area (Å²) in [4.78, 5) is 23.6. The van der Waals surface area contributed by atoms with Crippen molar-refractivity contribution in [3.05, 3.63) is 29.8 Å². The third-order valence-corrected chi connectivity index (χ3v) is 4.92. The summed E-state index contributed by atoms with van der Waals surface area (Å²) in [5.74, 6) is 1.79. The molecule has 0 bridgehead atoms. The van der Waals surface area contributed by atoms with Crippen LogP contribution in [0.3, 0.4) is 0 Å². The van der Waals surface area contributed by atoms with E-state index in [0.29, 0.717) is 29.6 Å². The molecule has 4 nitrogen and oxygen atoms in total. The first-order chi connectivity index (χ1) is 11.0. The Kier molecular flexibility index (Phi) is 6.20. The number of nitrogens with one attached hydrogen (secondary N) is 1. The normalized spacial score (nSPS) is 24.0. The summed E-state index contributed by atoms with van der Waals surface area (Å²) in [6.45, 7) is 6.31. The minimum Gasteiger partial charge on any atom is -0.484 e. The molecule has 0 radical (unpaired) electrons. The fourth-order valence-corrected chi connectivity index (χ4v) is 3.12. The zero-order valence-corrected chi connectivity index (χ0v) is 14.3. The van der Waals surface area contributed by atoms with Gasteiger partial charge in [-0.1, -0.05) is 33.6 Å². The third kappa shape index (κ3) is 4.81. The largest absolute Gasteiger partial charge is 0.484 e. The van der Waals surface area contributed by atoms with Crippen LogP contribution in [0.5, 0.6) is 5.75 Å². The number of benzene rings is 1. The van der Waals surface area contributed by atoms with Gasteiger partial charge in [0.15, 0.2) is 12.4 Å². The first-order valence-electron chi connectivity index (χ1n) is 8.56. The van der Waals surface area contributed by atoms with Crippen LogP contribution in [-0.4, -0.2) is 24.3 Å². The van der Waals surface area contributed by atoms with Crippen LogP contribution < -0.4 is 10.1 Å². The van der Waals surface area contributed by atoms with E-state index in [2.05, 4.69) is 19.2 Å². The summed E-state index contributed by atoms with van der Waals surface area (Å²) < 4.78 is 5.52. The van der Waals surface area contributed by atoms with E-state index in [9.17, 15) is 9.59 Å². The number of carbonyl (C=O) groups is 2. The molecule has 1 N–H and O–H groups in total. The molecule has 0 aromatic heterocycles. The Balaban J connectivity index is 1.81. The van der Waals surface area contributed by atoms with Crippen LogP contribution in [0.25, 0.3) is 0 Å². The van der Waals surface area contributed by atoms with Gasteiger partial charge in [0.1, 0.15) is 5.75 Å². The number of carbonyl (C=O) groups excluding carboxylic acids is 2. The van der Waals surface area contributed by atoms with Gasteiger partial charge in [-0.15, -0.1) is 0 Å². The van der Waals surface area contributed by atoms with Crippen molar-refractivity contribution in [2.75, 3.05) is 6.61 Å². The fraction of sp³-hybridized carbons (Fsp3) is 0.579. The van der Waals surface area contributed by atoms with Crippen LogP contribution in [-0.2, 0) is 4.79 Å². The minimum absolute atomic E-state index is 0.0126. The van der Waals surface area contributed by atoms with Crippen molar-refractivity contribution in [2.45, 2.75) is 52.5 Å². The Hall–Kier alpha value is -1.84. The number of hydrogen-bond acceptors (Lipinski definition) is 3. The molecule has 0 heterocycles. The van der Waals surface area contributed by atoms with E-state index in [4.69, 9.17) is 4.74 Å². The predicted molar refractivity (Wildman–Crippen MR) is 90.7 cm³/mol. The average molecular weight is 317 g/mol. The zero-order valence-electron chi connectivity index (χ0n) is 14.3. The molecule has 3 atom stereocenters. The van der Waals surface area contributed by atoms with Crippen LogP contribution in [0, 0.1) is 11.8 Å². The zero-order chi connectivity index (χ0) is 16.8. The van der Waals surface area contributed by atoms with Gasteiger partial charge < -0.3 is 10.1 Å². The fourth-order valence-electron chi connectivity index (χ4n) is 3.12. The molecule has 126 valence electrons. The average Bonchev–Trinajstić information content (AvgIpc) is 2.57. The van der Waals surface area contributed by atoms with Crippen LogP contribution in [0.15, 0.2) is 24.3 Å². The second-order valence-electron chi connectivity index (χ2n) is 6.53. The molecule has 4 heteroatoms. The number of ketones is 1. The van der Waals surface area contributed by atoms with Gasteiger partial charge in [0, 0.05) is 18.0 Å². The molecule has 1 aromatic carbocycles. The van der Waals surface area contributed by atoms with E-state index in [-0.39, 0.29) is 24.3 Å². The SMILES string of the molecule is CCC(=O)c1ccc(OCC(=O)N[C@@H]2CCC[C@H](C)[C@@H]2C)cc1. The number of hydrogen-bond donors (Lipinski definition) is 1. The molecule has 2 rings (SSSR count). The van der Waals surface area contributed by atoms with Crippen molar-refractivity contribution in [1.82, 2.24) is 5.32 Å². The smallest absolute Gasteiger partial charge is 0.258 e. The van der Waals surface area contributed by atoms with Gasteiger partial charge in [0.05, 0.1) is 0 Å². The predicted octanol–water partition coefficient (Wildman–Crippen LogP) is 3.60. The van der Waals surface area contributed by atoms with Gasteiger partial charge in [-0.2, -0.15) is 0 Å². The van der Waals surface area contributed by atoms with Gasteiger partial charge in [-0.05, 0) is 42.5 Å². The maximum Gasteiger partial charge on any atom is 0.258 e. The summed E-state index contributed by atoms with van der Waals surface area (Å²) in [5.41, 5.74) is 0.675. The summed E-state index contributed by atoms with van der Waals surface area (Å²) in [6, 6.07) is 7.20. The molecular formula is C19H27NO3. The van der Waals surface area contributed by atoms with Crippen LogP contribution in [0.2, 0.25) is 0 Å². The lowest BCUT2D eigenvalue weighted by Crippen LogP contribution is -2.45. The van der Waals surface area contributed by atoms with Crippen molar-refractivity contribution in [3.63, 3.8) is 0 Å². The van der Waals surface area contributed by atoms with E-state index in [1.54, 1.807) is 24.3 Å². The Labute approximate surface area is 138 Å². The Morgan fingerprint density at radius 3 is 2.52 bits per heavy atom. The highest BCUT2D eigenvalue weighted by atomic mass is 16.5. The van der Waals surface area contributed by atoms with E-state index in [1.165, 1.54) is 12.8 Å².